The number of rotatable bonds is 5. The Morgan fingerprint density at radius 1 is 1.39 bits per heavy atom. The molecule has 2 rings (SSSR count). The van der Waals surface area contributed by atoms with Crippen molar-refractivity contribution in [1.82, 2.24) is 10.2 Å². The van der Waals surface area contributed by atoms with Gasteiger partial charge in [-0.15, -0.1) is 0 Å². The van der Waals surface area contributed by atoms with Gasteiger partial charge in [0, 0.05) is 24.8 Å². The van der Waals surface area contributed by atoms with Crippen LogP contribution < -0.4 is 11.1 Å². The van der Waals surface area contributed by atoms with Gasteiger partial charge in [-0.1, -0.05) is 18.2 Å². The Balaban J connectivity index is 1.72. The SMILES string of the molecule is CC(C)N1CCC(CNCc2ccccc2N)C1. The summed E-state index contributed by atoms with van der Waals surface area (Å²) in [6.45, 7) is 9.01. The number of nitrogens with two attached hydrogens (primary N) is 1. The first-order chi connectivity index (χ1) is 8.66. The van der Waals surface area contributed by atoms with Crippen molar-refractivity contribution in [2.24, 2.45) is 5.92 Å². The van der Waals surface area contributed by atoms with Gasteiger partial charge in [-0.05, 0) is 50.9 Å². The maximum Gasteiger partial charge on any atom is 0.0359 e. The van der Waals surface area contributed by atoms with Crippen molar-refractivity contribution in [2.75, 3.05) is 25.4 Å². The average molecular weight is 247 g/mol. The topological polar surface area (TPSA) is 41.3 Å². The van der Waals surface area contributed by atoms with Gasteiger partial charge >= 0.3 is 0 Å². The van der Waals surface area contributed by atoms with Gasteiger partial charge in [0.1, 0.15) is 0 Å². The number of likely N-dealkylation sites (tertiary alicyclic amines) is 1. The Hall–Kier alpha value is -1.06. The van der Waals surface area contributed by atoms with Crippen molar-refractivity contribution < 1.29 is 0 Å². The summed E-state index contributed by atoms with van der Waals surface area (Å²) in [5.74, 6) is 0.789. The maximum absolute atomic E-state index is 5.93. The number of hydrogen-bond donors (Lipinski definition) is 2. The summed E-state index contributed by atoms with van der Waals surface area (Å²) in [4.78, 5) is 2.56. The number of para-hydroxylation sites is 1. The van der Waals surface area contributed by atoms with Crippen molar-refractivity contribution >= 4 is 5.69 Å². The van der Waals surface area contributed by atoms with Crippen LogP contribution in [0.15, 0.2) is 24.3 Å². The van der Waals surface area contributed by atoms with Gasteiger partial charge in [0.05, 0.1) is 0 Å². The lowest BCUT2D eigenvalue weighted by atomic mass is 10.1. The third kappa shape index (κ3) is 3.47. The smallest absolute Gasteiger partial charge is 0.0359 e. The fourth-order valence-electron chi connectivity index (χ4n) is 2.60. The second kappa shape index (κ2) is 6.21. The van der Waals surface area contributed by atoms with E-state index in [2.05, 4.69) is 30.1 Å². The highest BCUT2D eigenvalue weighted by Gasteiger charge is 2.23. The normalized spacial score (nSPS) is 20.7. The first kappa shape index (κ1) is 13.4. The fourth-order valence-corrected chi connectivity index (χ4v) is 2.60. The van der Waals surface area contributed by atoms with Gasteiger partial charge in [-0.3, -0.25) is 0 Å². The third-order valence-electron chi connectivity index (χ3n) is 3.85. The van der Waals surface area contributed by atoms with Crippen LogP contribution in [0.3, 0.4) is 0 Å². The lowest BCUT2D eigenvalue weighted by molar-refractivity contribution is 0.264. The zero-order valence-electron chi connectivity index (χ0n) is 11.5. The van der Waals surface area contributed by atoms with E-state index in [1.54, 1.807) is 0 Å². The number of nitrogens with one attached hydrogen (secondary N) is 1. The fraction of sp³-hybridized carbons (Fsp3) is 0.600. The molecular formula is C15H25N3. The van der Waals surface area contributed by atoms with Crippen molar-refractivity contribution in [3.05, 3.63) is 29.8 Å². The molecule has 1 aromatic carbocycles. The molecule has 0 aromatic heterocycles. The Morgan fingerprint density at radius 2 is 2.17 bits per heavy atom. The number of hydrogen-bond acceptors (Lipinski definition) is 3. The minimum Gasteiger partial charge on any atom is -0.398 e. The molecule has 0 spiro atoms. The van der Waals surface area contributed by atoms with Crippen LogP contribution in [0.25, 0.3) is 0 Å². The van der Waals surface area contributed by atoms with E-state index in [4.69, 9.17) is 5.73 Å². The highest BCUT2D eigenvalue weighted by atomic mass is 15.2. The van der Waals surface area contributed by atoms with Crippen LogP contribution in [0.2, 0.25) is 0 Å². The summed E-state index contributed by atoms with van der Waals surface area (Å²) in [6.07, 6.45) is 1.31. The van der Waals surface area contributed by atoms with Gasteiger partial charge in [0.15, 0.2) is 0 Å². The largest absolute Gasteiger partial charge is 0.398 e. The molecule has 0 bridgehead atoms. The molecule has 3 N–H and O–H groups in total. The number of anilines is 1. The van der Waals surface area contributed by atoms with Crippen LogP contribution in [-0.4, -0.2) is 30.6 Å². The lowest BCUT2D eigenvalue weighted by Gasteiger charge is -2.20. The first-order valence-corrected chi connectivity index (χ1v) is 6.95. The average Bonchev–Trinajstić information content (AvgIpc) is 2.80. The quantitative estimate of drug-likeness (QED) is 0.783. The van der Waals surface area contributed by atoms with E-state index in [9.17, 15) is 0 Å². The summed E-state index contributed by atoms with van der Waals surface area (Å²) in [5, 5.41) is 3.54. The third-order valence-corrected chi connectivity index (χ3v) is 3.85. The van der Waals surface area contributed by atoms with Crippen molar-refractivity contribution in [1.29, 1.82) is 0 Å². The van der Waals surface area contributed by atoms with E-state index in [1.807, 2.05) is 18.2 Å². The predicted molar refractivity (Wildman–Crippen MR) is 77.4 cm³/mol. The monoisotopic (exact) mass is 247 g/mol. The summed E-state index contributed by atoms with van der Waals surface area (Å²) >= 11 is 0. The molecule has 100 valence electrons. The Labute approximate surface area is 110 Å². The minimum absolute atomic E-state index is 0.680. The Kier molecular flexibility index (Phi) is 4.61. The van der Waals surface area contributed by atoms with Gasteiger partial charge in [0.25, 0.3) is 0 Å². The van der Waals surface area contributed by atoms with E-state index in [1.165, 1.54) is 25.1 Å². The second-order valence-corrected chi connectivity index (χ2v) is 5.57. The van der Waals surface area contributed by atoms with Gasteiger partial charge in [-0.25, -0.2) is 0 Å². The molecule has 1 unspecified atom stereocenters. The maximum atomic E-state index is 5.93. The molecule has 1 aliphatic heterocycles. The molecule has 0 saturated carbocycles. The molecule has 0 aliphatic carbocycles. The molecule has 0 amide bonds. The molecule has 0 radical (unpaired) electrons. The van der Waals surface area contributed by atoms with Gasteiger partial charge < -0.3 is 16.0 Å². The zero-order valence-corrected chi connectivity index (χ0v) is 11.5. The zero-order chi connectivity index (χ0) is 13.0. The Bertz CT molecular complexity index is 376. The van der Waals surface area contributed by atoms with Crippen LogP contribution in [0.4, 0.5) is 5.69 Å². The molecule has 1 aromatic rings. The summed E-state index contributed by atoms with van der Waals surface area (Å²) in [6, 6.07) is 8.77. The lowest BCUT2D eigenvalue weighted by Crippen LogP contribution is -2.30. The van der Waals surface area contributed by atoms with Crippen LogP contribution in [-0.2, 0) is 6.54 Å². The van der Waals surface area contributed by atoms with Gasteiger partial charge in [-0.2, -0.15) is 0 Å². The molecule has 3 heteroatoms. The molecule has 1 saturated heterocycles. The molecule has 1 heterocycles. The van der Waals surface area contributed by atoms with Gasteiger partial charge in [0.2, 0.25) is 0 Å². The minimum atomic E-state index is 0.680. The van der Waals surface area contributed by atoms with E-state index >= 15 is 0 Å². The second-order valence-electron chi connectivity index (χ2n) is 5.57. The van der Waals surface area contributed by atoms with E-state index in [-0.39, 0.29) is 0 Å². The van der Waals surface area contributed by atoms with Crippen LogP contribution in [0, 0.1) is 5.92 Å². The van der Waals surface area contributed by atoms with Crippen molar-refractivity contribution in [3.8, 4) is 0 Å². The number of nitrogens with zero attached hydrogens (tertiary/aromatic N) is 1. The summed E-state index contributed by atoms with van der Waals surface area (Å²) in [5.41, 5.74) is 8.02. The van der Waals surface area contributed by atoms with E-state index in [0.29, 0.717) is 6.04 Å². The van der Waals surface area contributed by atoms with Crippen LogP contribution in [0.5, 0.6) is 0 Å². The Morgan fingerprint density at radius 3 is 2.83 bits per heavy atom. The molecular weight excluding hydrogens is 222 g/mol. The highest BCUT2D eigenvalue weighted by Crippen LogP contribution is 2.18. The molecule has 1 fully saturated rings. The highest BCUT2D eigenvalue weighted by molar-refractivity contribution is 5.46. The predicted octanol–water partition coefficient (Wildman–Crippen LogP) is 2.09. The van der Waals surface area contributed by atoms with Crippen molar-refractivity contribution in [3.63, 3.8) is 0 Å². The standard InChI is InChI=1S/C15H25N3/c1-12(2)18-8-7-13(11-18)9-17-10-14-5-3-4-6-15(14)16/h3-6,12-13,17H,7-11,16H2,1-2H3. The summed E-state index contributed by atoms with van der Waals surface area (Å²) < 4.78 is 0. The molecule has 3 nitrogen and oxygen atoms in total. The van der Waals surface area contributed by atoms with Crippen molar-refractivity contribution in [2.45, 2.75) is 32.9 Å². The first-order valence-electron chi connectivity index (χ1n) is 6.95. The molecule has 1 atom stereocenters. The van der Waals surface area contributed by atoms with Crippen LogP contribution >= 0.6 is 0 Å². The van der Waals surface area contributed by atoms with E-state index < -0.39 is 0 Å². The number of nitrogen functional groups attached to an aromatic ring is 1. The summed E-state index contributed by atoms with van der Waals surface area (Å²) in [7, 11) is 0. The van der Waals surface area contributed by atoms with Crippen LogP contribution in [0.1, 0.15) is 25.8 Å². The number of benzene rings is 1. The molecule has 18 heavy (non-hydrogen) atoms. The van der Waals surface area contributed by atoms with E-state index in [0.717, 1.165) is 24.7 Å². The molecule has 1 aliphatic rings.